The van der Waals surface area contributed by atoms with Crippen molar-refractivity contribution in [3.05, 3.63) is 35.1 Å². The fourth-order valence-electron chi connectivity index (χ4n) is 1.84. The lowest BCUT2D eigenvalue weighted by molar-refractivity contribution is -0.154. The predicted molar refractivity (Wildman–Crippen MR) is 67.6 cm³/mol. The Balaban J connectivity index is 1.82. The second-order valence-electron chi connectivity index (χ2n) is 4.37. The van der Waals surface area contributed by atoms with Crippen molar-refractivity contribution in [1.29, 1.82) is 0 Å². The van der Waals surface area contributed by atoms with Gasteiger partial charge in [-0.1, -0.05) is 11.8 Å². The lowest BCUT2D eigenvalue weighted by Crippen LogP contribution is -2.22. The highest BCUT2D eigenvalue weighted by Gasteiger charge is 2.12. The molecule has 0 radical (unpaired) electrons. The largest absolute Gasteiger partial charge is 0.353 e. The van der Waals surface area contributed by atoms with Gasteiger partial charge in [-0.3, -0.25) is 0 Å². The third-order valence-electron chi connectivity index (χ3n) is 2.87. The van der Waals surface area contributed by atoms with E-state index in [0.29, 0.717) is 12.2 Å². The van der Waals surface area contributed by atoms with E-state index in [1.165, 1.54) is 6.07 Å². The van der Waals surface area contributed by atoms with Gasteiger partial charge in [-0.05, 0) is 49.9 Å². The molecule has 1 aromatic carbocycles. The highest BCUT2D eigenvalue weighted by atomic mass is 19.1. The van der Waals surface area contributed by atoms with Gasteiger partial charge in [-0.15, -0.1) is 0 Å². The molecular formula is C15H17FO2. The van der Waals surface area contributed by atoms with Crippen LogP contribution in [-0.4, -0.2) is 19.5 Å². The predicted octanol–water partition coefficient (Wildman–Crippen LogP) is 3.03. The van der Waals surface area contributed by atoms with Crippen molar-refractivity contribution in [3.8, 4) is 11.8 Å². The Labute approximate surface area is 107 Å². The van der Waals surface area contributed by atoms with Crippen LogP contribution < -0.4 is 0 Å². The van der Waals surface area contributed by atoms with Gasteiger partial charge < -0.3 is 9.47 Å². The van der Waals surface area contributed by atoms with Crippen LogP contribution in [0.3, 0.4) is 0 Å². The van der Waals surface area contributed by atoms with Crippen LogP contribution in [0.2, 0.25) is 0 Å². The molecule has 0 aromatic heterocycles. The second kappa shape index (κ2) is 6.53. The first-order valence-electron chi connectivity index (χ1n) is 6.24. The molecule has 1 saturated heterocycles. The van der Waals surface area contributed by atoms with Crippen LogP contribution in [0.25, 0.3) is 0 Å². The number of aryl methyl sites for hydroxylation is 1. The van der Waals surface area contributed by atoms with E-state index in [2.05, 4.69) is 11.8 Å². The minimum atomic E-state index is -0.201. The summed E-state index contributed by atoms with van der Waals surface area (Å²) in [5.74, 6) is 5.67. The van der Waals surface area contributed by atoms with E-state index in [-0.39, 0.29) is 12.1 Å². The summed E-state index contributed by atoms with van der Waals surface area (Å²) in [5, 5.41) is 0. The summed E-state index contributed by atoms with van der Waals surface area (Å²) in [5.41, 5.74) is 1.42. The average Bonchev–Trinajstić information content (AvgIpc) is 2.40. The third-order valence-corrected chi connectivity index (χ3v) is 2.87. The molecule has 1 heterocycles. The molecule has 0 N–H and O–H groups in total. The highest BCUT2D eigenvalue weighted by Crippen LogP contribution is 2.13. The van der Waals surface area contributed by atoms with E-state index < -0.39 is 0 Å². The third kappa shape index (κ3) is 3.83. The Morgan fingerprint density at radius 2 is 2.33 bits per heavy atom. The number of hydrogen-bond acceptors (Lipinski definition) is 2. The van der Waals surface area contributed by atoms with Gasteiger partial charge in [0.05, 0.1) is 0 Å². The topological polar surface area (TPSA) is 18.5 Å². The first kappa shape index (κ1) is 13.1. The smallest absolute Gasteiger partial charge is 0.158 e. The summed E-state index contributed by atoms with van der Waals surface area (Å²) < 4.78 is 24.0. The van der Waals surface area contributed by atoms with Crippen LogP contribution in [-0.2, 0) is 9.47 Å². The molecule has 18 heavy (non-hydrogen) atoms. The molecular weight excluding hydrogens is 231 g/mol. The summed E-state index contributed by atoms with van der Waals surface area (Å²) in [4.78, 5) is 0. The molecule has 2 rings (SSSR count). The lowest BCUT2D eigenvalue weighted by atomic mass is 10.1. The van der Waals surface area contributed by atoms with Gasteiger partial charge in [0.1, 0.15) is 12.4 Å². The van der Waals surface area contributed by atoms with Crippen LogP contribution in [0.15, 0.2) is 18.2 Å². The molecule has 1 aliphatic rings. The summed E-state index contributed by atoms with van der Waals surface area (Å²) in [6, 6.07) is 4.84. The molecule has 0 spiro atoms. The zero-order valence-corrected chi connectivity index (χ0v) is 10.5. The minimum absolute atomic E-state index is 0.108. The second-order valence-corrected chi connectivity index (χ2v) is 4.37. The summed E-state index contributed by atoms with van der Waals surface area (Å²) >= 11 is 0. The molecule has 0 amide bonds. The maximum atomic E-state index is 13.0. The monoisotopic (exact) mass is 248 g/mol. The molecule has 2 nitrogen and oxygen atoms in total. The van der Waals surface area contributed by atoms with Crippen molar-refractivity contribution in [3.63, 3.8) is 0 Å². The van der Waals surface area contributed by atoms with Crippen LogP contribution in [0.4, 0.5) is 4.39 Å². The number of hydrogen-bond donors (Lipinski definition) is 0. The van der Waals surface area contributed by atoms with Crippen LogP contribution in [0, 0.1) is 24.6 Å². The maximum Gasteiger partial charge on any atom is 0.158 e. The zero-order chi connectivity index (χ0) is 12.8. The highest BCUT2D eigenvalue weighted by molar-refractivity contribution is 5.37. The van der Waals surface area contributed by atoms with Gasteiger partial charge in [0.15, 0.2) is 6.29 Å². The first-order chi connectivity index (χ1) is 8.75. The first-order valence-corrected chi connectivity index (χ1v) is 6.24. The van der Waals surface area contributed by atoms with Crippen LogP contribution in [0.1, 0.15) is 30.4 Å². The number of halogens is 1. The standard InChI is InChI=1S/C15H17FO2/c1-12-11-13(7-8-14(12)16)5-4-10-18-15-6-2-3-9-17-15/h7-8,11,15H,2-3,6,9-10H2,1H3. The lowest BCUT2D eigenvalue weighted by Gasteiger charge is -2.21. The molecule has 1 unspecified atom stereocenters. The molecule has 96 valence electrons. The van der Waals surface area contributed by atoms with Gasteiger partial charge in [-0.25, -0.2) is 4.39 Å². The summed E-state index contributed by atoms with van der Waals surface area (Å²) in [6.45, 7) is 2.85. The SMILES string of the molecule is Cc1cc(C#CCOC2CCCCO2)ccc1F. The van der Waals surface area contributed by atoms with E-state index in [1.807, 2.05) is 0 Å². The van der Waals surface area contributed by atoms with Crippen molar-refractivity contribution < 1.29 is 13.9 Å². The molecule has 0 aliphatic carbocycles. The molecule has 1 atom stereocenters. The maximum absolute atomic E-state index is 13.0. The van der Waals surface area contributed by atoms with Crippen molar-refractivity contribution in [2.45, 2.75) is 32.5 Å². The number of rotatable bonds is 2. The summed E-state index contributed by atoms with van der Waals surface area (Å²) in [6.07, 6.45) is 3.09. The van der Waals surface area contributed by atoms with Gasteiger partial charge >= 0.3 is 0 Å². The molecule has 0 bridgehead atoms. The summed E-state index contributed by atoms with van der Waals surface area (Å²) in [7, 11) is 0. The number of benzene rings is 1. The Morgan fingerprint density at radius 3 is 3.06 bits per heavy atom. The molecule has 3 heteroatoms. The van der Waals surface area contributed by atoms with Crippen molar-refractivity contribution in [1.82, 2.24) is 0 Å². The fraction of sp³-hybridized carbons (Fsp3) is 0.467. The zero-order valence-electron chi connectivity index (χ0n) is 10.5. The van der Waals surface area contributed by atoms with Gasteiger partial charge in [-0.2, -0.15) is 0 Å². The van der Waals surface area contributed by atoms with Crippen LogP contribution in [0.5, 0.6) is 0 Å². The molecule has 0 saturated carbocycles. The molecule has 1 aromatic rings. The fourth-order valence-corrected chi connectivity index (χ4v) is 1.84. The van der Waals surface area contributed by atoms with E-state index in [9.17, 15) is 4.39 Å². The van der Waals surface area contributed by atoms with Gasteiger partial charge in [0.25, 0.3) is 0 Å². The van der Waals surface area contributed by atoms with E-state index >= 15 is 0 Å². The normalized spacial score (nSPS) is 19.1. The van der Waals surface area contributed by atoms with E-state index in [4.69, 9.17) is 9.47 Å². The minimum Gasteiger partial charge on any atom is -0.353 e. The Kier molecular flexibility index (Phi) is 4.74. The Hall–Kier alpha value is -1.37. The molecule has 1 fully saturated rings. The van der Waals surface area contributed by atoms with E-state index in [1.54, 1.807) is 19.1 Å². The quantitative estimate of drug-likeness (QED) is 0.749. The Bertz CT molecular complexity index is 453. The van der Waals surface area contributed by atoms with Crippen molar-refractivity contribution in [2.24, 2.45) is 0 Å². The van der Waals surface area contributed by atoms with Gasteiger partial charge in [0, 0.05) is 12.2 Å². The number of ether oxygens (including phenoxy) is 2. The molecule has 1 aliphatic heterocycles. The van der Waals surface area contributed by atoms with Crippen LogP contribution >= 0.6 is 0 Å². The van der Waals surface area contributed by atoms with Gasteiger partial charge in [0.2, 0.25) is 0 Å². The average molecular weight is 248 g/mol. The van der Waals surface area contributed by atoms with E-state index in [0.717, 1.165) is 31.4 Å². The Morgan fingerprint density at radius 1 is 1.44 bits per heavy atom. The van der Waals surface area contributed by atoms with Crippen molar-refractivity contribution >= 4 is 0 Å². The van der Waals surface area contributed by atoms with Crippen molar-refractivity contribution in [2.75, 3.05) is 13.2 Å².